The van der Waals surface area contributed by atoms with Crippen LogP contribution < -0.4 is 5.32 Å². The number of hydrogen-bond acceptors (Lipinski definition) is 4. The summed E-state index contributed by atoms with van der Waals surface area (Å²) in [5, 5.41) is 15.8. The Balaban J connectivity index is 2.08. The standard InChI is InChI=1S/C16H17ClN2O4/c1-16(2,7-6-14(20)21)18-15(22)12-9-13(23-19-12)10-4-3-5-11(17)8-10/h3-5,8-9H,6-7H2,1-2H3,(H,18,22)(H,20,21). The zero-order valence-corrected chi connectivity index (χ0v) is 13.6. The zero-order chi connectivity index (χ0) is 17.0. The molecule has 0 aliphatic heterocycles. The highest BCUT2D eigenvalue weighted by molar-refractivity contribution is 6.30. The molecule has 0 spiro atoms. The molecular formula is C16H17ClN2O4. The lowest BCUT2D eigenvalue weighted by Gasteiger charge is -2.24. The molecule has 0 saturated carbocycles. The van der Waals surface area contributed by atoms with E-state index >= 15 is 0 Å². The maximum Gasteiger partial charge on any atom is 0.303 e. The lowest BCUT2D eigenvalue weighted by Crippen LogP contribution is -2.43. The van der Waals surface area contributed by atoms with Gasteiger partial charge in [-0.05, 0) is 32.4 Å². The number of benzene rings is 1. The second kappa shape index (κ2) is 6.83. The van der Waals surface area contributed by atoms with Gasteiger partial charge in [-0.3, -0.25) is 9.59 Å². The fraction of sp³-hybridized carbons (Fsp3) is 0.312. The maximum atomic E-state index is 12.2. The number of nitrogens with one attached hydrogen (secondary N) is 1. The van der Waals surface area contributed by atoms with Crippen molar-refractivity contribution in [2.24, 2.45) is 0 Å². The Hall–Kier alpha value is -2.34. The topological polar surface area (TPSA) is 92.4 Å². The van der Waals surface area contributed by atoms with E-state index in [0.29, 0.717) is 22.8 Å². The van der Waals surface area contributed by atoms with Crippen molar-refractivity contribution in [2.75, 3.05) is 0 Å². The Morgan fingerprint density at radius 3 is 2.74 bits per heavy atom. The van der Waals surface area contributed by atoms with Crippen LogP contribution in [0.4, 0.5) is 0 Å². The van der Waals surface area contributed by atoms with Crippen LogP contribution in [0.3, 0.4) is 0 Å². The SMILES string of the molecule is CC(C)(CCC(=O)O)NC(=O)c1cc(-c2cccc(Cl)c2)on1. The summed E-state index contributed by atoms with van der Waals surface area (Å²) in [5.41, 5.74) is 0.183. The molecule has 6 nitrogen and oxygen atoms in total. The van der Waals surface area contributed by atoms with Crippen LogP contribution in [0.1, 0.15) is 37.2 Å². The van der Waals surface area contributed by atoms with E-state index in [9.17, 15) is 9.59 Å². The number of halogens is 1. The van der Waals surface area contributed by atoms with Crippen LogP contribution >= 0.6 is 11.6 Å². The van der Waals surface area contributed by atoms with Crippen LogP contribution in [-0.4, -0.2) is 27.7 Å². The Morgan fingerprint density at radius 1 is 1.35 bits per heavy atom. The minimum atomic E-state index is -0.906. The number of aliphatic carboxylic acids is 1. The summed E-state index contributed by atoms with van der Waals surface area (Å²) in [5.74, 6) is -0.893. The van der Waals surface area contributed by atoms with Gasteiger partial charge in [0.1, 0.15) is 0 Å². The van der Waals surface area contributed by atoms with Crippen LogP contribution in [0.2, 0.25) is 5.02 Å². The average Bonchev–Trinajstić information content (AvgIpc) is 2.95. The highest BCUT2D eigenvalue weighted by Gasteiger charge is 2.24. The Kier molecular flexibility index (Phi) is 5.05. The number of rotatable bonds is 6. The van der Waals surface area contributed by atoms with E-state index in [1.54, 1.807) is 38.1 Å². The van der Waals surface area contributed by atoms with E-state index in [2.05, 4.69) is 10.5 Å². The van der Waals surface area contributed by atoms with Gasteiger partial charge in [0.05, 0.1) is 0 Å². The number of amides is 1. The largest absolute Gasteiger partial charge is 0.481 e. The fourth-order valence-corrected chi connectivity index (χ4v) is 2.20. The predicted molar refractivity (Wildman–Crippen MR) is 85.4 cm³/mol. The molecule has 2 N–H and O–H groups in total. The Morgan fingerprint density at radius 2 is 2.09 bits per heavy atom. The van der Waals surface area contributed by atoms with Crippen molar-refractivity contribution in [2.45, 2.75) is 32.2 Å². The van der Waals surface area contributed by atoms with Gasteiger partial charge in [0.15, 0.2) is 11.5 Å². The normalized spacial score (nSPS) is 11.3. The van der Waals surface area contributed by atoms with Gasteiger partial charge < -0.3 is 14.9 Å². The molecule has 122 valence electrons. The van der Waals surface area contributed by atoms with E-state index in [4.69, 9.17) is 21.2 Å². The second-order valence-corrected chi connectivity index (χ2v) is 6.25. The molecule has 2 rings (SSSR count). The monoisotopic (exact) mass is 336 g/mol. The van der Waals surface area contributed by atoms with Crippen LogP contribution in [0.15, 0.2) is 34.9 Å². The van der Waals surface area contributed by atoms with Crippen LogP contribution in [0, 0.1) is 0 Å². The first-order chi connectivity index (χ1) is 10.8. The third kappa shape index (κ3) is 4.82. The molecule has 0 aliphatic rings. The van der Waals surface area contributed by atoms with Crippen molar-refractivity contribution < 1.29 is 19.2 Å². The third-order valence-corrected chi connectivity index (χ3v) is 3.50. The highest BCUT2D eigenvalue weighted by Crippen LogP contribution is 2.23. The number of nitrogens with zero attached hydrogens (tertiary/aromatic N) is 1. The fourth-order valence-electron chi connectivity index (χ4n) is 2.01. The number of carbonyl (C=O) groups is 2. The molecule has 2 aromatic rings. The molecule has 1 amide bonds. The summed E-state index contributed by atoms with van der Waals surface area (Å²) >= 11 is 5.92. The van der Waals surface area contributed by atoms with Crippen molar-refractivity contribution in [3.63, 3.8) is 0 Å². The number of carboxylic acid groups (broad SMARTS) is 1. The quantitative estimate of drug-likeness (QED) is 0.843. The van der Waals surface area contributed by atoms with Crippen molar-refractivity contribution >= 4 is 23.5 Å². The molecule has 0 saturated heterocycles. The molecule has 1 aromatic carbocycles. The van der Waals surface area contributed by atoms with Crippen molar-refractivity contribution in [3.05, 3.63) is 41.0 Å². The van der Waals surface area contributed by atoms with Gasteiger partial charge in [0.2, 0.25) is 0 Å². The summed E-state index contributed by atoms with van der Waals surface area (Å²) in [6.45, 7) is 3.51. The van der Waals surface area contributed by atoms with E-state index in [-0.39, 0.29) is 12.1 Å². The van der Waals surface area contributed by atoms with Crippen molar-refractivity contribution in [3.8, 4) is 11.3 Å². The van der Waals surface area contributed by atoms with E-state index in [0.717, 1.165) is 0 Å². The van der Waals surface area contributed by atoms with Gasteiger partial charge in [-0.2, -0.15) is 0 Å². The average molecular weight is 337 g/mol. The summed E-state index contributed by atoms with van der Waals surface area (Å²) in [7, 11) is 0. The highest BCUT2D eigenvalue weighted by atomic mass is 35.5. The summed E-state index contributed by atoms with van der Waals surface area (Å²) < 4.78 is 5.18. The molecule has 1 aromatic heterocycles. The van der Waals surface area contributed by atoms with Crippen molar-refractivity contribution in [1.29, 1.82) is 0 Å². The first kappa shape index (κ1) is 17.0. The third-order valence-electron chi connectivity index (χ3n) is 3.27. The van der Waals surface area contributed by atoms with Gasteiger partial charge in [-0.25, -0.2) is 0 Å². The molecule has 23 heavy (non-hydrogen) atoms. The first-order valence-corrected chi connectivity index (χ1v) is 7.41. The molecule has 0 unspecified atom stereocenters. The van der Waals surface area contributed by atoms with Gasteiger partial charge >= 0.3 is 5.97 Å². The lowest BCUT2D eigenvalue weighted by atomic mass is 9.98. The van der Waals surface area contributed by atoms with E-state index < -0.39 is 17.4 Å². The molecule has 0 bridgehead atoms. The Labute approximate surface area is 138 Å². The first-order valence-electron chi connectivity index (χ1n) is 7.04. The summed E-state index contributed by atoms with van der Waals surface area (Å²) in [6.07, 6.45) is 0.285. The maximum absolute atomic E-state index is 12.2. The van der Waals surface area contributed by atoms with Gasteiger partial charge in [-0.15, -0.1) is 0 Å². The minimum absolute atomic E-state index is 0.0279. The lowest BCUT2D eigenvalue weighted by molar-refractivity contribution is -0.137. The number of carboxylic acids is 1. The number of carbonyl (C=O) groups excluding carboxylic acids is 1. The zero-order valence-electron chi connectivity index (χ0n) is 12.8. The molecule has 7 heteroatoms. The molecule has 0 fully saturated rings. The van der Waals surface area contributed by atoms with Gasteiger partial charge in [0, 0.05) is 28.6 Å². The summed E-state index contributed by atoms with van der Waals surface area (Å²) in [4.78, 5) is 22.8. The predicted octanol–water partition coefficient (Wildman–Crippen LogP) is 3.37. The van der Waals surface area contributed by atoms with Crippen LogP contribution in [0.25, 0.3) is 11.3 Å². The molecule has 0 aliphatic carbocycles. The van der Waals surface area contributed by atoms with Crippen LogP contribution in [0.5, 0.6) is 0 Å². The molecule has 1 heterocycles. The molecule has 0 atom stereocenters. The van der Waals surface area contributed by atoms with Crippen LogP contribution in [-0.2, 0) is 4.79 Å². The number of hydrogen-bond donors (Lipinski definition) is 2. The van der Waals surface area contributed by atoms with Gasteiger partial charge in [-0.1, -0.05) is 28.9 Å². The molecular weight excluding hydrogens is 320 g/mol. The van der Waals surface area contributed by atoms with Crippen molar-refractivity contribution in [1.82, 2.24) is 10.5 Å². The molecule has 0 radical (unpaired) electrons. The Bertz CT molecular complexity index is 724. The minimum Gasteiger partial charge on any atom is -0.481 e. The van der Waals surface area contributed by atoms with E-state index in [1.807, 2.05) is 0 Å². The summed E-state index contributed by atoms with van der Waals surface area (Å²) in [6, 6.07) is 8.54. The second-order valence-electron chi connectivity index (χ2n) is 5.82. The smallest absolute Gasteiger partial charge is 0.303 e. The van der Waals surface area contributed by atoms with E-state index in [1.165, 1.54) is 6.07 Å². The number of aromatic nitrogens is 1. The van der Waals surface area contributed by atoms with Gasteiger partial charge in [0.25, 0.3) is 5.91 Å².